The van der Waals surface area contributed by atoms with Gasteiger partial charge in [0.1, 0.15) is 29.8 Å². The maximum atomic E-state index is 13.9. The van der Waals surface area contributed by atoms with Crippen LogP contribution in [0.4, 0.5) is 4.79 Å². The van der Waals surface area contributed by atoms with Crippen LogP contribution in [-0.4, -0.2) is 64.8 Å². The Morgan fingerprint density at radius 1 is 0.780 bits per heavy atom. The Hall–Kier alpha value is -5.19. The van der Waals surface area contributed by atoms with Crippen LogP contribution in [0, 0.1) is 0 Å². The number of alkyl carbamates (subject to hydrolysis) is 1. The predicted molar refractivity (Wildman–Crippen MR) is 186 cm³/mol. The lowest BCUT2D eigenvalue weighted by Gasteiger charge is -2.35. The molecule has 0 spiro atoms. The van der Waals surface area contributed by atoms with E-state index in [0.717, 1.165) is 28.7 Å². The van der Waals surface area contributed by atoms with Gasteiger partial charge in [-0.25, -0.2) is 9.59 Å². The minimum absolute atomic E-state index is 0.0169. The molecule has 0 bridgehead atoms. The second-order valence-electron chi connectivity index (χ2n) is 14.0. The minimum Gasteiger partial charge on any atom is -0.480 e. The summed E-state index contributed by atoms with van der Waals surface area (Å²) < 4.78 is 11.1. The summed E-state index contributed by atoms with van der Waals surface area (Å²) in [4.78, 5) is 66.3. The van der Waals surface area contributed by atoms with Crippen molar-refractivity contribution in [3.05, 3.63) is 95.6 Å². The number of amides is 3. The molecule has 0 aliphatic heterocycles. The molecular weight excluding hydrogens is 638 g/mol. The number of benzene rings is 3. The largest absolute Gasteiger partial charge is 0.480 e. The lowest BCUT2D eigenvalue weighted by atomic mass is 9.81. The standard InChI is InChI=1S/C39H45N3O8/c1-38(2,3)50-33(43)23-32(41-37(48)49-24-30-28-18-10-8-16-26(28)27-17-9-11-19-29(27)30)34(44)40-31(22-25-14-6-4-7-15-25)35(45)42-39(36(46)47)20-12-5-13-21-39/h4,6-11,14-19,30-32H,5,12-13,20-24H2,1-3H3,(H,40,44)(H,41,48)(H,42,45)(H,46,47)/t31-,32+/m1/s1. The Bertz CT molecular complexity index is 1670. The Kier molecular flexibility index (Phi) is 11.2. The van der Waals surface area contributed by atoms with Crippen LogP contribution < -0.4 is 16.0 Å². The molecule has 11 nitrogen and oxygen atoms in total. The maximum Gasteiger partial charge on any atom is 0.407 e. The Morgan fingerprint density at radius 3 is 1.94 bits per heavy atom. The summed E-state index contributed by atoms with van der Waals surface area (Å²) in [6.07, 6.45) is 1.27. The molecule has 0 saturated heterocycles. The number of carbonyl (C=O) groups excluding carboxylic acids is 4. The first-order valence-corrected chi connectivity index (χ1v) is 17.1. The molecule has 0 heterocycles. The average Bonchev–Trinajstić information content (AvgIpc) is 3.40. The molecule has 2 aliphatic carbocycles. The second-order valence-corrected chi connectivity index (χ2v) is 14.0. The molecule has 0 unspecified atom stereocenters. The third kappa shape index (κ3) is 8.88. The zero-order valence-corrected chi connectivity index (χ0v) is 28.7. The number of nitrogens with one attached hydrogen (secondary N) is 3. The molecule has 2 atom stereocenters. The quantitative estimate of drug-likeness (QED) is 0.188. The van der Waals surface area contributed by atoms with Gasteiger partial charge >= 0.3 is 18.0 Å². The average molecular weight is 684 g/mol. The fourth-order valence-corrected chi connectivity index (χ4v) is 6.74. The lowest BCUT2D eigenvalue weighted by molar-refractivity contribution is -0.156. The molecular formula is C39H45N3O8. The van der Waals surface area contributed by atoms with Crippen molar-refractivity contribution in [3.8, 4) is 11.1 Å². The number of fused-ring (bicyclic) bond motifs is 3. The van der Waals surface area contributed by atoms with Crippen LogP contribution in [0.15, 0.2) is 78.9 Å². The number of ether oxygens (including phenoxy) is 2. The van der Waals surface area contributed by atoms with Crippen LogP contribution >= 0.6 is 0 Å². The first-order chi connectivity index (χ1) is 23.8. The number of rotatable bonds is 12. The van der Waals surface area contributed by atoms with Crippen LogP contribution in [-0.2, 0) is 35.1 Å². The molecule has 0 radical (unpaired) electrons. The van der Waals surface area contributed by atoms with Gasteiger partial charge in [-0.1, -0.05) is 98.1 Å². The number of carboxylic acid groups (broad SMARTS) is 1. The first-order valence-electron chi connectivity index (χ1n) is 17.1. The molecule has 1 saturated carbocycles. The van der Waals surface area contributed by atoms with E-state index < -0.39 is 59.5 Å². The van der Waals surface area contributed by atoms with Crippen molar-refractivity contribution in [2.75, 3.05) is 6.61 Å². The highest BCUT2D eigenvalue weighted by molar-refractivity contribution is 5.95. The molecule has 0 aromatic heterocycles. The number of esters is 1. The third-order valence-electron chi connectivity index (χ3n) is 9.14. The van der Waals surface area contributed by atoms with Crippen LogP contribution in [0.25, 0.3) is 11.1 Å². The van der Waals surface area contributed by atoms with E-state index in [-0.39, 0.29) is 31.8 Å². The smallest absolute Gasteiger partial charge is 0.407 e. The van der Waals surface area contributed by atoms with Gasteiger partial charge < -0.3 is 30.5 Å². The van der Waals surface area contributed by atoms with Crippen LogP contribution in [0.2, 0.25) is 0 Å². The van der Waals surface area contributed by atoms with Gasteiger partial charge in [0.05, 0.1) is 6.42 Å². The van der Waals surface area contributed by atoms with Crippen LogP contribution in [0.5, 0.6) is 0 Å². The second kappa shape index (κ2) is 15.6. The van der Waals surface area contributed by atoms with Gasteiger partial charge in [0.15, 0.2) is 0 Å². The minimum atomic E-state index is -1.46. The predicted octanol–water partition coefficient (Wildman–Crippen LogP) is 5.26. The third-order valence-corrected chi connectivity index (χ3v) is 9.14. The summed E-state index contributed by atoms with van der Waals surface area (Å²) in [6.45, 7) is 5.03. The van der Waals surface area contributed by atoms with E-state index in [0.29, 0.717) is 18.4 Å². The van der Waals surface area contributed by atoms with E-state index in [1.807, 2.05) is 54.6 Å². The molecule has 50 heavy (non-hydrogen) atoms. The molecule has 3 amide bonds. The van der Waals surface area contributed by atoms with Crippen molar-refractivity contribution in [1.29, 1.82) is 0 Å². The fraction of sp³-hybridized carbons (Fsp3) is 0.410. The SMILES string of the molecule is CC(C)(C)OC(=O)C[C@H](NC(=O)OCC1c2ccccc2-c2ccccc21)C(=O)N[C@H](Cc1ccccc1)C(=O)NC1(C(=O)O)CCCCC1. The molecule has 3 aromatic rings. The molecule has 4 N–H and O–H groups in total. The van der Waals surface area contributed by atoms with Crippen molar-refractivity contribution in [3.63, 3.8) is 0 Å². The van der Waals surface area contributed by atoms with Crippen molar-refractivity contribution < 1.29 is 38.6 Å². The summed E-state index contributed by atoms with van der Waals surface area (Å²) in [7, 11) is 0. The van der Waals surface area contributed by atoms with Crippen molar-refractivity contribution >= 4 is 29.8 Å². The highest BCUT2D eigenvalue weighted by atomic mass is 16.6. The summed E-state index contributed by atoms with van der Waals surface area (Å²) >= 11 is 0. The van der Waals surface area contributed by atoms with Gasteiger partial charge in [-0.2, -0.15) is 0 Å². The number of aliphatic carboxylic acids is 1. The van der Waals surface area contributed by atoms with Crippen LogP contribution in [0.1, 0.15) is 81.9 Å². The van der Waals surface area contributed by atoms with E-state index in [4.69, 9.17) is 9.47 Å². The first kappa shape index (κ1) is 36.1. The number of carbonyl (C=O) groups is 5. The molecule has 5 rings (SSSR count). The summed E-state index contributed by atoms with van der Waals surface area (Å²) in [5.74, 6) is -3.61. The fourth-order valence-electron chi connectivity index (χ4n) is 6.74. The monoisotopic (exact) mass is 683 g/mol. The highest BCUT2D eigenvalue weighted by Crippen LogP contribution is 2.44. The Balaban J connectivity index is 1.34. The van der Waals surface area contributed by atoms with Crippen molar-refractivity contribution in [2.45, 2.75) is 94.9 Å². The number of hydrogen-bond acceptors (Lipinski definition) is 7. The van der Waals surface area contributed by atoms with E-state index in [2.05, 4.69) is 16.0 Å². The van der Waals surface area contributed by atoms with Gasteiger partial charge in [-0.3, -0.25) is 14.4 Å². The summed E-state index contributed by atoms with van der Waals surface area (Å²) in [6, 6.07) is 22.0. The molecule has 1 fully saturated rings. The van der Waals surface area contributed by atoms with E-state index in [1.54, 1.807) is 45.0 Å². The van der Waals surface area contributed by atoms with Gasteiger partial charge in [-0.15, -0.1) is 0 Å². The lowest BCUT2D eigenvalue weighted by Crippen LogP contribution is -2.61. The molecule has 11 heteroatoms. The zero-order valence-electron chi connectivity index (χ0n) is 28.7. The van der Waals surface area contributed by atoms with Gasteiger partial charge in [0.25, 0.3) is 0 Å². The van der Waals surface area contributed by atoms with Gasteiger partial charge in [0.2, 0.25) is 11.8 Å². The van der Waals surface area contributed by atoms with E-state index in [1.165, 1.54) is 0 Å². The van der Waals surface area contributed by atoms with Gasteiger partial charge in [0, 0.05) is 12.3 Å². The van der Waals surface area contributed by atoms with Crippen molar-refractivity contribution in [2.24, 2.45) is 0 Å². The van der Waals surface area contributed by atoms with E-state index in [9.17, 15) is 29.1 Å². The maximum absolute atomic E-state index is 13.9. The molecule has 264 valence electrons. The Morgan fingerprint density at radius 2 is 1.36 bits per heavy atom. The van der Waals surface area contributed by atoms with Gasteiger partial charge in [-0.05, 0) is 61.4 Å². The topological polar surface area (TPSA) is 160 Å². The Labute approximate surface area is 292 Å². The zero-order chi connectivity index (χ0) is 35.9. The van der Waals surface area contributed by atoms with E-state index >= 15 is 0 Å². The molecule has 3 aromatic carbocycles. The normalized spacial score (nSPS) is 16.1. The van der Waals surface area contributed by atoms with Crippen molar-refractivity contribution in [1.82, 2.24) is 16.0 Å². The number of carboxylic acids is 1. The number of hydrogen-bond donors (Lipinski definition) is 4. The summed E-state index contributed by atoms with van der Waals surface area (Å²) in [5, 5.41) is 18.0. The van der Waals surface area contributed by atoms with Crippen LogP contribution in [0.3, 0.4) is 0 Å². The molecule has 2 aliphatic rings. The highest BCUT2D eigenvalue weighted by Gasteiger charge is 2.43. The summed E-state index contributed by atoms with van der Waals surface area (Å²) in [5.41, 5.74) is 2.54.